The molecule has 0 spiro atoms. The van der Waals surface area contributed by atoms with Gasteiger partial charge in [-0.25, -0.2) is 0 Å². The molecule has 0 amide bonds. The number of hydrogen-bond donors (Lipinski definition) is 0. The van der Waals surface area contributed by atoms with Gasteiger partial charge in [0, 0.05) is 11.1 Å². The summed E-state index contributed by atoms with van der Waals surface area (Å²) in [6.07, 6.45) is 0. The Morgan fingerprint density at radius 1 is 1.25 bits per heavy atom. The molecule has 4 heteroatoms. The summed E-state index contributed by atoms with van der Waals surface area (Å²) < 4.78 is 11.8. The van der Waals surface area contributed by atoms with Crippen molar-refractivity contribution in [2.75, 3.05) is 6.61 Å². The maximum atomic E-state index is 12.6. The number of carbonyl (C=O) groups is 1. The van der Waals surface area contributed by atoms with Crippen LogP contribution in [0.4, 0.5) is 0 Å². The largest absolute Gasteiger partial charge is 0.493 e. The highest BCUT2D eigenvalue weighted by molar-refractivity contribution is 9.10. The molecule has 0 saturated heterocycles. The molecule has 1 aromatic heterocycles. The fraction of sp³-hybridized carbons (Fsp3) is 0.312. The minimum Gasteiger partial charge on any atom is -0.493 e. The zero-order chi connectivity index (χ0) is 14.9. The molecule has 2 aromatic rings. The Labute approximate surface area is 127 Å². The molecular formula is C16H17BrO3. The lowest BCUT2D eigenvalue weighted by Crippen LogP contribution is -2.04. The Morgan fingerprint density at radius 3 is 2.45 bits per heavy atom. The Hall–Kier alpha value is -1.55. The van der Waals surface area contributed by atoms with E-state index in [4.69, 9.17) is 9.15 Å². The molecule has 1 heterocycles. The minimum absolute atomic E-state index is 0.0272. The Bertz CT molecular complexity index is 656. The van der Waals surface area contributed by atoms with Gasteiger partial charge in [0.05, 0.1) is 16.6 Å². The van der Waals surface area contributed by atoms with Gasteiger partial charge in [-0.15, -0.1) is 0 Å². The van der Waals surface area contributed by atoms with Gasteiger partial charge in [-0.2, -0.15) is 0 Å². The van der Waals surface area contributed by atoms with Crippen molar-refractivity contribution in [1.82, 2.24) is 0 Å². The second-order valence-electron chi connectivity index (χ2n) is 4.62. The molecule has 0 saturated carbocycles. The van der Waals surface area contributed by atoms with E-state index >= 15 is 0 Å². The Morgan fingerprint density at radius 2 is 1.95 bits per heavy atom. The predicted molar refractivity (Wildman–Crippen MR) is 81.7 cm³/mol. The smallest absolute Gasteiger partial charge is 0.196 e. The fourth-order valence-corrected chi connectivity index (χ4v) is 2.68. The van der Waals surface area contributed by atoms with Crippen LogP contribution in [0.3, 0.4) is 0 Å². The molecule has 0 atom stereocenters. The van der Waals surface area contributed by atoms with Crippen LogP contribution in [0.2, 0.25) is 0 Å². The molecule has 20 heavy (non-hydrogen) atoms. The van der Waals surface area contributed by atoms with Crippen LogP contribution < -0.4 is 4.74 Å². The van der Waals surface area contributed by atoms with Crippen molar-refractivity contribution in [3.05, 3.63) is 50.9 Å². The zero-order valence-corrected chi connectivity index (χ0v) is 13.6. The van der Waals surface area contributed by atoms with E-state index in [0.717, 1.165) is 21.5 Å². The summed E-state index contributed by atoms with van der Waals surface area (Å²) in [6, 6.07) is 5.37. The molecule has 3 nitrogen and oxygen atoms in total. The van der Waals surface area contributed by atoms with E-state index in [1.54, 1.807) is 18.2 Å². The van der Waals surface area contributed by atoms with Gasteiger partial charge >= 0.3 is 0 Å². The summed E-state index contributed by atoms with van der Waals surface area (Å²) in [4.78, 5) is 12.6. The van der Waals surface area contributed by atoms with E-state index in [1.165, 1.54) is 0 Å². The number of aryl methyl sites for hydroxylation is 2. The van der Waals surface area contributed by atoms with E-state index in [9.17, 15) is 4.79 Å². The fourth-order valence-electron chi connectivity index (χ4n) is 2.19. The van der Waals surface area contributed by atoms with E-state index in [1.807, 2.05) is 27.7 Å². The highest BCUT2D eigenvalue weighted by Crippen LogP contribution is 2.29. The topological polar surface area (TPSA) is 39.4 Å². The van der Waals surface area contributed by atoms with Gasteiger partial charge in [0.1, 0.15) is 17.3 Å². The van der Waals surface area contributed by atoms with Crippen molar-refractivity contribution in [3.8, 4) is 5.75 Å². The average Bonchev–Trinajstić information content (AvgIpc) is 2.65. The van der Waals surface area contributed by atoms with Crippen LogP contribution >= 0.6 is 15.9 Å². The zero-order valence-electron chi connectivity index (χ0n) is 12.0. The predicted octanol–water partition coefficient (Wildman–Crippen LogP) is 4.60. The van der Waals surface area contributed by atoms with Crippen molar-refractivity contribution in [1.29, 1.82) is 0 Å². The molecule has 0 fully saturated rings. The maximum Gasteiger partial charge on any atom is 0.196 e. The van der Waals surface area contributed by atoms with Gasteiger partial charge in [0.15, 0.2) is 5.78 Å². The Kier molecular flexibility index (Phi) is 4.33. The third-order valence-corrected chi connectivity index (χ3v) is 3.90. The normalized spacial score (nSPS) is 10.7. The first-order chi connectivity index (χ1) is 9.45. The summed E-state index contributed by atoms with van der Waals surface area (Å²) >= 11 is 3.43. The van der Waals surface area contributed by atoms with Crippen LogP contribution in [-0.2, 0) is 0 Å². The van der Waals surface area contributed by atoms with Crippen molar-refractivity contribution in [3.63, 3.8) is 0 Å². The Balaban J connectivity index is 2.41. The molecule has 0 N–H and O–H groups in total. The first-order valence-electron chi connectivity index (χ1n) is 6.49. The SMILES string of the molecule is CCOc1ccc(C(=O)c2c(C)oc(C)c2C)cc1Br. The van der Waals surface area contributed by atoms with Gasteiger partial charge in [-0.3, -0.25) is 4.79 Å². The summed E-state index contributed by atoms with van der Waals surface area (Å²) in [5, 5.41) is 0. The average molecular weight is 337 g/mol. The summed E-state index contributed by atoms with van der Waals surface area (Å²) in [6.45, 7) is 8.10. The van der Waals surface area contributed by atoms with Crippen LogP contribution in [0.25, 0.3) is 0 Å². The molecule has 1 aromatic carbocycles. The van der Waals surface area contributed by atoms with Crippen LogP contribution in [-0.4, -0.2) is 12.4 Å². The summed E-state index contributed by atoms with van der Waals surface area (Å²) in [5.41, 5.74) is 2.17. The lowest BCUT2D eigenvalue weighted by Gasteiger charge is -2.07. The number of carbonyl (C=O) groups excluding carboxylic acids is 1. The molecule has 0 aliphatic carbocycles. The molecule has 2 rings (SSSR count). The molecule has 0 radical (unpaired) electrons. The van der Waals surface area contributed by atoms with Crippen molar-refractivity contribution >= 4 is 21.7 Å². The van der Waals surface area contributed by atoms with Gasteiger partial charge in [-0.05, 0) is 61.8 Å². The monoisotopic (exact) mass is 336 g/mol. The van der Waals surface area contributed by atoms with Gasteiger partial charge in [-0.1, -0.05) is 0 Å². The third kappa shape index (κ3) is 2.66. The van der Waals surface area contributed by atoms with Crippen LogP contribution in [0.15, 0.2) is 27.1 Å². The number of benzene rings is 1. The molecular weight excluding hydrogens is 320 g/mol. The highest BCUT2D eigenvalue weighted by Gasteiger charge is 2.20. The number of rotatable bonds is 4. The first-order valence-corrected chi connectivity index (χ1v) is 7.28. The number of ether oxygens (including phenoxy) is 1. The van der Waals surface area contributed by atoms with Gasteiger partial charge < -0.3 is 9.15 Å². The first kappa shape index (κ1) is 14.9. The second-order valence-corrected chi connectivity index (χ2v) is 5.48. The molecule has 0 aliphatic rings. The van der Waals surface area contributed by atoms with Gasteiger partial charge in [0.2, 0.25) is 0 Å². The minimum atomic E-state index is -0.0272. The lowest BCUT2D eigenvalue weighted by molar-refractivity contribution is 0.103. The lowest BCUT2D eigenvalue weighted by atomic mass is 10.00. The number of hydrogen-bond acceptors (Lipinski definition) is 3. The maximum absolute atomic E-state index is 12.6. The number of halogens is 1. The van der Waals surface area contributed by atoms with Crippen LogP contribution in [0, 0.1) is 20.8 Å². The molecule has 0 bridgehead atoms. The van der Waals surface area contributed by atoms with Crippen molar-refractivity contribution in [2.45, 2.75) is 27.7 Å². The van der Waals surface area contributed by atoms with E-state index in [0.29, 0.717) is 23.5 Å². The second kappa shape index (κ2) is 5.83. The van der Waals surface area contributed by atoms with Gasteiger partial charge in [0.25, 0.3) is 0 Å². The van der Waals surface area contributed by atoms with E-state index in [-0.39, 0.29) is 5.78 Å². The molecule has 0 unspecified atom stereocenters. The number of furan rings is 1. The molecule has 106 valence electrons. The van der Waals surface area contributed by atoms with E-state index < -0.39 is 0 Å². The third-order valence-electron chi connectivity index (χ3n) is 3.28. The highest BCUT2D eigenvalue weighted by atomic mass is 79.9. The number of ketones is 1. The molecule has 0 aliphatic heterocycles. The van der Waals surface area contributed by atoms with Crippen molar-refractivity contribution < 1.29 is 13.9 Å². The standard InChI is InChI=1S/C16H17BrO3/c1-5-19-14-7-6-12(8-13(14)17)16(18)15-9(2)10(3)20-11(15)4/h6-8H,5H2,1-4H3. The van der Waals surface area contributed by atoms with E-state index in [2.05, 4.69) is 15.9 Å². The summed E-state index contributed by atoms with van der Waals surface area (Å²) in [7, 11) is 0. The van der Waals surface area contributed by atoms with Crippen LogP contribution in [0.1, 0.15) is 39.9 Å². The summed E-state index contributed by atoms with van der Waals surface area (Å²) in [5.74, 6) is 2.16. The van der Waals surface area contributed by atoms with Crippen LogP contribution in [0.5, 0.6) is 5.75 Å². The van der Waals surface area contributed by atoms with Crippen molar-refractivity contribution in [2.24, 2.45) is 0 Å². The quantitative estimate of drug-likeness (QED) is 0.766.